The summed E-state index contributed by atoms with van der Waals surface area (Å²) in [7, 11) is 0. The molecular formula is C50H36N4O2. The third-order valence-corrected chi connectivity index (χ3v) is 10.7. The largest absolute Gasteiger partial charge is 0.436 e. The highest BCUT2D eigenvalue weighted by Crippen LogP contribution is 2.38. The maximum Gasteiger partial charge on any atom is 0.227 e. The van der Waals surface area contributed by atoms with Crippen molar-refractivity contribution in [3.8, 4) is 67.7 Å². The van der Waals surface area contributed by atoms with Crippen molar-refractivity contribution < 1.29 is 8.83 Å². The Hall–Kier alpha value is -7.18. The number of para-hydroxylation sites is 6. The van der Waals surface area contributed by atoms with E-state index >= 15 is 0 Å². The first-order valence-corrected chi connectivity index (χ1v) is 18.8. The van der Waals surface area contributed by atoms with Gasteiger partial charge in [-0.15, -0.1) is 0 Å². The number of nitrogens with zero attached hydrogens (tertiary/aromatic N) is 4. The van der Waals surface area contributed by atoms with Crippen molar-refractivity contribution in [1.82, 2.24) is 19.9 Å². The molecule has 56 heavy (non-hydrogen) atoms. The van der Waals surface area contributed by atoms with Crippen molar-refractivity contribution in [2.45, 2.75) is 27.7 Å². The van der Waals surface area contributed by atoms with Gasteiger partial charge in [0.1, 0.15) is 11.0 Å². The molecule has 0 fully saturated rings. The molecule has 7 aromatic carbocycles. The van der Waals surface area contributed by atoms with Crippen molar-refractivity contribution in [1.29, 1.82) is 0 Å². The molecule has 0 N–H and O–H groups in total. The number of oxazole rings is 2. The van der Waals surface area contributed by atoms with E-state index in [2.05, 4.69) is 100 Å². The van der Waals surface area contributed by atoms with E-state index in [4.69, 9.17) is 28.8 Å². The Kier molecular flexibility index (Phi) is 7.92. The monoisotopic (exact) mass is 724 g/mol. The third-order valence-electron chi connectivity index (χ3n) is 10.7. The first kappa shape index (κ1) is 33.4. The minimum Gasteiger partial charge on any atom is -0.436 e. The number of aromatic nitrogens is 4. The Morgan fingerprint density at radius 1 is 0.321 bits per heavy atom. The first-order chi connectivity index (χ1) is 27.4. The van der Waals surface area contributed by atoms with Crippen LogP contribution in [0.25, 0.3) is 101 Å². The summed E-state index contributed by atoms with van der Waals surface area (Å²) >= 11 is 0. The number of hydrogen-bond donors (Lipinski definition) is 0. The molecule has 6 heteroatoms. The van der Waals surface area contributed by atoms with Crippen LogP contribution in [-0.4, -0.2) is 19.9 Å². The van der Waals surface area contributed by atoms with Gasteiger partial charge >= 0.3 is 0 Å². The summed E-state index contributed by atoms with van der Waals surface area (Å²) in [5.41, 5.74) is 19.8. The number of benzene rings is 7. The standard InChI is InChI=1S/C50H36N4O2/c1-29-27-39(49-53-43-13-7-9-15-45(43)55-49)31(3)25-37(29)33-17-21-35(22-18-33)47-48(52-42-12-6-5-11-41(42)51-47)36-23-19-34(20-24-36)38-26-32(4)40(28-30(38)2)50-54-44-14-8-10-16-46(44)56-50/h5-28H,1-4H3. The Bertz CT molecular complexity index is 2840. The van der Waals surface area contributed by atoms with Crippen molar-refractivity contribution in [3.05, 3.63) is 168 Å². The zero-order chi connectivity index (χ0) is 37.9. The number of rotatable bonds is 6. The molecule has 3 aromatic heterocycles. The molecule has 0 aliphatic carbocycles. The topological polar surface area (TPSA) is 77.8 Å². The molecule has 268 valence electrons. The van der Waals surface area contributed by atoms with E-state index in [1.165, 1.54) is 11.1 Å². The van der Waals surface area contributed by atoms with Crippen LogP contribution < -0.4 is 0 Å². The summed E-state index contributed by atoms with van der Waals surface area (Å²) in [6.45, 7) is 8.50. The average Bonchev–Trinajstić information content (AvgIpc) is 3.87. The minimum atomic E-state index is 0.642. The third kappa shape index (κ3) is 5.83. The van der Waals surface area contributed by atoms with Gasteiger partial charge in [0.2, 0.25) is 11.8 Å². The molecule has 0 spiro atoms. The molecule has 0 saturated heterocycles. The molecule has 0 aliphatic heterocycles. The molecule has 0 saturated carbocycles. The number of fused-ring (bicyclic) bond motifs is 3. The molecule has 0 atom stereocenters. The summed E-state index contributed by atoms with van der Waals surface area (Å²) < 4.78 is 12.2. The summed E-state index contributed by atoms with van der Waals surface area (Å²) in [5, 5.41) is 0. The second-order valence-corrected chi connectivity index (χ2v) is 14.5. The molecule has 3 heterocycles. The fraction of sp³-hybridized carbons (Fsp3) is 0.0800. The Labute approximate surface area is 324 Å². The van der Waals surface area contributed by atoms with Crippen LogP contribution >= 0.6 is 0 Å². The van der Waals surface area contributed by atoms with E-state index in [0.29, 0.717) is 11.8 Å². The van der Waals surface area contributed by atoms with Crippen molar-refractivity contribution >= 4 is 33.2 Å². The van der Waals surface area contributed by atoms with E-state index in [9.17, 15) is 0 Å². The van der Waals surface area contributed by atoms with Crippen LogP contribution in [0.2, 0.25) is 0 Å². The molecule has 0 bridgehead atoms. The SMILES string of the molecule is Cc1cc(-c2nc3ccccc3o2)c(C)cc1-c1ccc(-c2nc3ccccc3nc2-c2ccc(-c3cc(C)c(-c4nc5ccccc5o4)cc3C)cc2)cc1. The van der Waals surface area contributed by atoms with Crippen LogP contribution in [0.3, 0.4) is 0 Å². The van der Waals surface area contributed by atoms with E-state index in [-0.39, 0.29) is 0 Å². The van der Waals surface area contributed by atoms with Gasteiger partial charge in [-0.25, -0.2) is 19.9 Å². The van der Waals surface area contributed by atoms with Crippen molar-refractivity contribution in [2.75, 3.05) is 0 Å². The predicted octanol–water partition coefficient (Wildman–Crippen LogP) is 13.1. The Morgan fingerprint density at radius 2 is 0.643 bits per heavy atom. The van der Waals surface area contributed by atoms with Crippen LogP contribution in [0, 0.1) is 27.7 Å². The lowest BCUT2D eigenvalue weighted by atomic mass is 9.93. The van der Waals surface area contributed by atoms with Gasteiger partial charge in [-0.1, -0.05) is 97.1 Å². The Balaban J connectivity index is 0.980. The summed E-state index contributed by atoms with van der Waals surface area (Å²) in [5.74, 6) is 1.28. The number of hydrogen-bond acceptors (Lipinski definition) is 6. The molecular weight excluding hydrogens is 689 g/mol. The van der Waals surface area contributed by atoms with Gasteiger partial charge in [-0.2, -0.15) is 0 Å². The highest BCUT2D eigenvalue weighted by Gasteiger charge is 2.18. The molecule has 0 aliphatic rings. The van der Waals surface area contributed by atoms with Gasteiger partial charge in [-0.3, -0.25) is 0 Å². The van der Waals surface area contributed by atoms with Gasteiger partial charge in [0, 0.05) is 22.3 Å². The molecule has 0 radical (unpaired) electrons. The van der Waals surface area contributed by atoms with Gasteiger partial charge < -0.3 is 8.83 Å². The zero-order valence-corrected chi connectivity index (χ0v) is 31.5. The van der Waals surface area contributed by atoms with Crippen LogP contribution in [0.1, 0.15) is 22.3 Å². The lowest BCUT2D eigenvalue weighted by Gasteiger charge is -2.14. The molecule has 6 nitrogen and oxygen atoms in total. The lowest BCUT2D eigenvalue weighted by molar-refractivity contribution is 0.619. The maximum absolute atomic E-state index is 6.12. The van der Waals surface area contributed by atoms with Gasteiger partial charge in [-0.05, 0) is 121 Å². The van der Waals surface area contributed by atoms with E-state index in [1.54, 1.807) is 0 Å². The van der Waals surface area contributed by atoms with Crippen LogP contribution in [0.4, 0.5) is 0 Å². The summed E-state index contributed by atoms with van der Waals surface area (Å²) in [6, 6.07) is 49.9. The first-order valence-electron chi connectivity index (χ1n) is 18.8. The van der Waals surface area contributed by atoms with Crippen LogP contribution in [0.15, 0.2) is 154 Å². The quantitative estimate of drug-likeness (QED) is 0.170. The normalized spacial score (nSPS) is 11.6. The fourth-order valence-electron chi connectivity index (χ4n) is 7.71. The molecule has 0 amide bonds. The second-order valence-electron chi connectivity index (χ2n) is 14.5. The summed E-state index contributed by atoms with van der Waals surface area (Å²) in [4.78, 5) is 19.9. The van der Waals surface area contributed by atoms with Crippen LogP contribution in [0.5, 0.6) is 0 Å². The van der Waals surface area contributed by atoms with Crippen molar-refractivity contribution in [2.24, 2.45) is 0 Å². The smallest absolute Gasteiger partial charge is 0.227 e. The highest BCUT2D eigenvalue weighted by molar-refractivity contribution is 5.88. The molecule has 0 unspecified atom stereocenters. The van der Waals surface area contributed by atoms with E-state index < -0.39 is 0 Å². The maximum atomic E-state index is 6.12. The zero-order valence-electron chi connectivity index (χ0n) is 31.5. The lowest BCUT2D eigenvalue weighted by Crippen LogP contribution is -1.96. The minimum absolute atomic E-state index is 0.642. The van der Waals surface area contributed by atoms with Gasteiger partial charge in [0.15, 0.2) is 11.2 Å². The molecule has 10 rings (SSSR count). The Morgan fingerprint density at radius 3 is 1.04 bits per heavy atom. The average molecular weight is 725 g/mol. The molecule has 10 aromatic rings. The van der Waals surface area contributed by atoms with Crippen LogP contribution in [-0.2, 0) is 0 Å². The van der Waals surface area contributed by atoms with E-state index in [0.717, 1.165) is 100 Å². The summed E-state index contributed by atoms with van der Waals surface area (Å²) in [6.07, 6.45) is 0. The number of aryl methyl sites for hydroxylation is 4. The predicted molar refractivity (Wildman–Crippen MR) is 226 cm³/mol. The second kappa shape index (κ2) is 13.3. The van der Waals surface area contributed by atoms with E-state index in [1.807, 2.05) is 72.8 Å². The highest BCUT2D eigenvalue weighted by atomic mass is 16.4. The van der Waals surface area contributed by atoms with Gasteiger partial charge in [0.25, 0.3) is 0 Å². The van der Waals surface area contributed by atoms with Gasteiger partial charge in [0.05, 0.1) is 22.4 Å². The van der Waals surface area contributed by atoms with Crippen molar-refractivity contribution in [3.63, 3.8) is 0 Å². The fourth-order valence-corrected chi connectivity index (χ4v) is 7.71.